The lowest BCUT2D eigenvalue weighted by atomic mass is 10.1. The molecule has 0 aliphatic rings. The van der Waals surface area contributed by atoms with E-state index in [1.165, 1.54) is 30.5 Å². The number of hydrogen-bond acceptors (Lipinski definition) is 3. The first-order valence-corrected chi connectivity index (χ1v) is 6.97. The van der Waals surface area contributed by atoms with Crippen molar-refractivity contribution < 1.29 is 27.1 Å². The molecule has 128 valence electrons. The second kappa shape index (κ2) is 7.76. The van der Waals surface area contributed by atoms with E-state index in [9.17, 15) is 22.4 Å². The van der Waals surface area contributed by atoms with Crippen LogP contribution >= 0.6 is 0 Å². The van der Waals surface area contributed by atoms with Crippen molar-refractivity contribution in [3.05, 3.63) is 59.5 Å². The van der Waals surface area contributed by atoms with Gasteiger partial charge in [-0.05, 0) is 29.3 Å². The van der Waals surface area contributed by atoms with Crippen LogP contribution in [0.1, 0.15) is 11.1 Å². The van der Waals surface area contributed by atoms with Gasteiger partial charge in [-0.3, -0.25) is 4.79 Å². The fourth-order valence-electron chi connectivity index (χ4n) is 1.89. The molecule has 0 unspecified atom stereocenters. The summed E-state index contributed by atoms with van der Waals surface area (Å²) in [6.45, 7) is -1.34. The van der Waals surface area contributed by atoms with Gasteiger partial charge in [0.1, 0.15) is 5.82 Å². The predicted molar refractivity (Wildman–Crippen MR) is 77.7 cm³/mol. The van der Waals surface area contributed by atoms with E-state index in [-0.39, 0.29) is 24.8 Å². The number of amides is 1. The molecule has 1 aromatic carbocycles. The van der Waals surface area contributed by atoms with Gasteiger partial charge in [0.25, 0.3) is 0 Å². The third kappa shape index (κ3) is 6.23. The van der Waals surface area contributed by atoms with Crippen molar-refractivity contribution in [1.29, 1.82) is 0 Å². The molecule has 0 radical (unpaired) electrons. The van der Waals surface area contributed by atoms with Gasteiger partial charge in [0.2, 0.25) is 11.8 Å². The predicted octanol–water partition coefficient (Wildman–Crippen LogP) is 3.02. The highest BCUT2D eigenvalue weighted by Crippen LogP contribution is 2.17. The van der Waals surface area contributed by atoms with Crippen molar-refractivity contribution in [2.45, 2.75) is 19.1 Å². The number of nitrogens with zero attached hydrogens (tertiary/aromatic N) is 1. The average Bonchev–Trinajstić information content (AvgIpc) is 2.51. The molecule has 0 aliphatic carbocycles. The van der Waals surface area contributed by atoms with E-state index in [1.54, 1.807) is 12.1 Å². The van der Waals surface area contributed by atoms with Gasteiger partial charge in [-0.1, -0.05) is 12.1 Å². The Morgan fingerprint density at radius 1 is 1.17 bits per heavy atom. The number of hydrogen-bond donors (Lipinski definition) is 1. The van der Waals surface area contributed by atoms with Crippen LogP contribution in [0.25, 0.3) is 0 Å². The number of rotatable bonds is 6. The summed E-state index contributed by atoms with van der Waals surface area (Å²) in [5, 5.41) is 2.60. The Balaban J connectivity index is 1.86. The van der Waals surface area contributed by atoms with Crippen LogP contribution < -0.4 is 10.1 Å². The third-order valence-electron chi connectivity index (χ3n) is 2.93. The van der Waals surface area contributed by atoms with Crippen LogP contribution in [0.3, 0.4) is 0 Å². The molecular weight excluding hydrogens is 328 g/mol. The lowest BCUT2D eigenvalue weighted by Gasteiger charge is -2.10. The topological polar surface area (TPSA) is 51.2 Å². The van der Waals surface area contributed by atoms with Crippen molar-refractivity contribution in [3.63, 3.8) is 0 Å². The Labute approximate surface area is 135 Å². The number of ether oxygens (including phenoxy) is 1. The molecule has 8 heteroatoms. The largest absolute Gasteiger partial charge is 0.468 e. The van der Waals surface area contributed by atoms with Gasteiger partial charge in [0.05, 0.1) is 6.42 Å². The van der Waals surface area contributed by atoms with Crippen molar-refractivity contribution in [2.24, 2.45) is 0 Å². The number of alkyl halides is 3. The number of halogens is 4. The zero-order valence-electron chi connectivity index (χ0n) is 12.4. The molecule has 1 N–H and O–H groups in total. The van der Waals surface area contributed by atoms with Crippen LogP contribution in [0.15, 0.2) is 42.6 Å². The van der Waals surface area contributed by atoms with Gasteiger partial charge >= 0.3 is 6.18 Å². The van der Waals surface area contributed by atoms with E-state index < -0.39 is 18.6 Å². The van der Waals surface area contributed by atoms with Crippen molar-refractivity contribution in [3.8, 4) is 5.88 Å². The van der Waals surface area contributed by atoms with Crippen molar-refractivity contribution in [2.75, 3.05) is 6.61 Å². The molecule has 24 heavy (non-hydrogen) atoms. The zero-order valence-corrected chi connectivity index (χ0v) is 12.4. The Morgan fingerprint density at radius 3 is 2.67 bits per heavy atom. The van der Waals surface area contributed by atoms with Crippen LogP contribution in [0.5, 0.6) is 5.88 Å². The van der Waals surface area contributed by atoms with E-state index in [1.807, 2.05) is 0 Å². The molecule has 0 saturated heterocycles. The average molecular weight is 342 g/mol. The molecule has 0 atom stereocenters. The van der Waals surface area contributed by atoms with Gasteiger partial charge < -0.3 is 10.1 Å². The molecule has 0 spiro atoms. The number of nitrogens with one attached hydrogen (secondary N) is 1. The lowest BCUT2D eigenvalue weighted by molar-refractivity contribution is -0.154. The molecule has 0 bridgehead atoms. The smallest absolute Gasteiger partial charge is 0.422 e. The Kier molecular flexibility index (Phi) is 5.73. The number of pyridine rings is 1. The molecule has 0 saturated carbocycles. The van der Waals surface area contributed by atoms with E-state index in [2.05, 4.69) is 15.0 Å². The third-order valence-corrected chi connectivity index (χ3v) is 2.93. The van der Waals surface area contributed by atoms with Gasteiger partial charge in [-0.2, -0.15) is 13.2 Å². The fraction of sp³-hybridized carbons (Fsp3) is 0.250. The van der Waals surface area contributed by atoms with Gasteiger partial charge in [0.15, 0.2) is 6.61 Å². The first-order valence-electron chi connectivity index (χ1n) is 6.97. The Hall–Kier alpha value is -2.64. The minimum Gasteiger partial charge on any atom is -0.468 e. The quantitative estimate of drug-likeness (QED) is 0.821. The Bertz CT molecular complexity index is 704. The lowest BCUT2D eigenvalue weighted by Crippen LogP contribution is -2.24. The summed E-state index contributed by atoms with van der Waals surface area (Å²) in [6.07, 6.45) is -3.16. The minimum absolute atomic E-state index is 0.000272. The maximum atomic E-state index is 13.0. The van der Waals surface area contributed by atoms with E-state index in [4.69, 9.17) is 0 Å². The van der Waals surface area contributed by atoms with Crippen molar-refractivity contribution in [1.82, 2.24) is 10.3 Å². The monoisotopic (exact) mass is 342 g/mol. The van der Waals surface area contributed by atoms with Gasteiger partial charge in [0, 0.05) is 18.8 Å². The molecule has 0 fully saturated rings. The second-order valence-corrected chi connectivity index (χ2v) is 4.99. The van der Waals surface area contributed by atoms with Crippen LogP contribution in [0.4, 0.5) is 17.6 Å². The molecular formula is C16H14F4N2O2. The summed E-state index contributed by atoms with van der Waals surface area (Å²) >= 11 is 0. The SMILES string of the molecule is O=C(Cc1cccc(F)c1)NCc1ccnc(OCC(F)(F)F)c1. The number of aromatic nitrogens is 1. The highest BCUT2D eigenvalue weighted by molar-refractivity contribution is 5.78. The summed E-state index contributed by atoms with van der Waals surface area (Å²) in [5.74, 6) is -0.944. The normalized spacial score (nSPS) is 11.2. The highest BCUT2D eigenvalue weighted by atomic mass is 19.4. The standard InChI is InChI=1S/C16H14F4N2O2/c17-13-3-1-2-11(6-13)7-14(23)22-9-12-4-5-21-15(8-12)24-10-16(18,19)20/h1-6,8H,7,9-10H2,(H,22,23). The first kappa shape index (κ1) is 17.7. The maximum absolute atomic E-state index is 13.0. The van der Waals surface area contributed by atoms with E-state index in [0.717, 1.165) is 0 Å². The summed E-state index contributed by atoms with van der Waals surface area (Å²) in [7, 11) is 0. The van der Waals surface area contributed by atoms with E-state index in [0.29, 0.717) is 11.1 Å². The summed E-state index contributed by atoms with van der Waals surface area (Å²) in [6, 6.07) is 8.52. The number of benzene rings is 1. The molecule has 1 aromatic heterocycles. The Morgan fingerprint density at radius 2 is 1.96 bits per heavy atom. The van der Waals surface area contributed by atoms with Gasteiger partial charge in [-0.15, -0.1) is 0 Å². The zero-order chi connectivity index (χ0) is 17.6. The molecule has 4 nitrogen and oxygen atoms in total. The first-order chi connectivity index (χ1) is 11.3. The number of carbonyl (C=O) groups is 1. The molecule has 1 amide bonds. The van der Waals surface area contributed by atoms with Crippen LogP contribution in [0.2, 0.25) is 0 Å². The van der Waals surface area contributed by atoms with Crippen molar-refractivity contribution >= 4 is 5.91 Å². The van der Waals surface area contributed by atoms with E-state index >= 15 is 0 Å². The number of carbonyl (C=O) groups excluding carboxylic acids is 1. The maximum Gasteiger partial charge on any atom is 0.422 e. The van der Waals surface area contributed by atoms with Crippen LogP contribution in [0, 0.1) is 5.82 Å². The minimum atomic E-state index is -4.45. The second-order valence-electron chi connectivity index (χ2n) is 4.99. The van der Waals surface area contributed by atoms with Gasteiger partial charge in [-0.25, -0.2) is 9.37 Å². The molecule has 2 rings (SSSR count). The van der Waals surface area contributed by atoms with Crippen LogP contribution in [-0.2, 0) is 17.8 Å². The van der Waals surface area contributed by atoms with Crippen LogP contribution in [-0.4, -0.2) is 23.7 Å². The summed E-state index contributed by atoms with van der Waals surface area (Å²) in [4.78, 5) is 15.5. The molecule has 0 aliphatic heterocycles. The fourth-order valence-corrected chi connectivity index (χ4v) is 1.89. The summed E-state index contributed by atoms with van der Waals surface area (Å²) < 4.78 is 53.9. The highest BCUT2D eigenvalue weighted by Gasteiger charge is 2.28. The summed E-state index contributed by atoms with van der Waals surface area (Å²) in [5.41, 5.74) is 1.06. The molecule has 1 heterocycles. The molecule has 2 aromatic rings.